The van der Waals surface area contributed by atoms with E-state index in [2.05, 4.69) is 38.4 Å². The molecule has 0 bridgehead atoms. The normalized spacial score (nSPS) is 13.2. The summed E-state index contributed by atoms with van der Waals surface area (Å²) in [5.41, 5.74) is 3.61. The zero-order valence-electron chi connectivity index (χ0n) is 18.8. The van der Waals surface area contributed by atoms with Gasteiger partial charge in [0.15, 0.2) is 23.0 Å². The lowest BCUT2D eigenvalue weighted by molar-refractivity contribution is -0.123. The van der Waals surface area contributed by atoms with E-state index in [1.54, 1.807) is 31.4 Å². The van der Waals surface area contributed by atoms with Crippen LogP contribution in [0.2, 0.25) is 0 Å². The lowest BCUT2D eigenvalue weighted by Gasteiger charge is -2.20. The van der Waals surface area contributed by atoms with Gasteiger partial charge in [0.2, 0.25) is 6.79 Å². The van der Waals surface area contributed by atoms with Gasteiger partial charge in [-0.15, -0.1) is 0 Å². The highest BCUT2D eigenvalue weighted by molar-refractivity contribution is 14.1. The number of hydrogen-bond donors (Lipinski definition) is 2. The minimum absolute atomic E-state index is 0.120. The maximum atomic E-state index is 12.7. The molecule has 1 atom stereocenters. The Kier molecular flexibility index (Phi) is 8.37. The number of amides is 2. The number of hydrazone groups is 1. The summed E-state index contributed by atoms with van der Waals surface area (Å²) in [7, 11) is 1.58. The monoisotopic (exact) mass is 567 g/mol. The van der Waals surface area contributed by atoms with Gasteiger partial charge < -0.3 is 24.3 Å². The Bertz CT molecular complexity index is 1060. The summed E-state index contributed by atoms with van der Waals surface area (Å²) >= 11 is 2.15. The standard InChI is InChI=1S/C23H26IN3O6/c1-5-31-19-9-14(8-16(24)21(19)30-4)11-25-27-23(29)20(13(2)3)26-22(28)15-6-7-17-18(10-15)33-12-32-17/h6-11,13,20H,5,12H2,1-4H3,(H,26,28)(H,27,29). The van der Waals surface area contributed by atoms with E-state index in [9.17, 15) is 9.59 Å². The van der Waals surface area contributed by atoms with Gasteiger partial charge in [0.05, 0.1) is 23.5 Å². The summed E-state index contributed by atoms with van der Waals surface area (Å²) in [6.07, 6.45) is 1.51. The van der Waals surface area contributed by atoms with Gasteiger partial charge in [0.1, 0.15) is 6.04 Å². The topological polar surface area (TPSA) is 107 Å². The Morgan fingerprint density at radius 3 is 2.67 bits per heavy atom. The van der Waals surface area contributed by atoms with Gasteiger partial charge in [-0.1, -0.05) is 13.8 Å². The molecule has 0 saturated heterocycles. The second-order valence-electron chi connectivity index (χ2n) is 7.46. The number of carbonyl (C=O) groups is 2. The molecule has 2 amide bonds. The Balaban J connectivity index is 1.67. The largest absolute Gasteiger partial charge is 0.492 e. The van der Waals surface area contributed by atoms with Gasteiger partial charge in [-0.2, -0.15) is 5.10 Å². The van der Waals surface area contributed by atoms with E-state index in [0.29, 0.717) is 35.2 Å². The summed E-state index contributed by atoms with van der Waals surface area (Å²) in [5, 5.41) is 6.82. The highest BCUT2D eigenvalue weighted by Gasteiger charge is 2.25. The SMILES string of the molecule is CCOc1cc(C=NNC(=O)C(NC(=O)c2ccc3c(c2)OCO3)C(C)C)cc(I)c1OC. The molecule has 0 spiro atoms. The number of hydrogen-bond acceptors (Lipinski definition) is 7. The lowest BCUT2D eigenvalue weighted by Crippen LogP contribution is -2.48. The van der Waals surface area contributed by atoms with E-state index in [0.717, 1.165) is 9.13 Å². The smallest absolute Gasteiger partial charge is 0.262 e. The molecule has 2 N–H and O–H groups in total. The van der Waals surface area contributed by atoms with Crippen LogP contribution in [-0.2, 0) is 4.79 Å². The lowest BCUT2D eigenvalue weighted by atomic mass is 10.0. The van der Waals surface area contributed by atoms with Crippen LogP contribution in [0.3, 0.4) is 0 Å². The molecular weight excluding hydrogens is 541 g/mol. The van der Waals surface area contributed by atoms with Crippen LogP contribution in [0.15, 0.2) is 35.4 Å². The summed E-state index contributed by atoms with van der Waals surface area (Å²) in [4.78, 5) is 25.4. The summed E-state index contributed by atoms with van der Waals surface area (Å²) < 4.78 is 22.4. The Morgan fingerprint density at radius 2 is 1.97 bits per heavy atom. The fourth-order valence-corrected chi connectivity index (χ4v) is 4.01. The third-order valence-electron chi connectivity index (χ3n) is 4.79. The number of benzene rings is 2. The predicted octanol–water partition coefficient (Wildman–Crippen LogP) is 3.33. The molecule has 0 aliphatic carbocycles. The Labute approximate surface area is 206 Å². The first-order chi connectivity index (χ1) is 15.8. The molecule has 1 heterocycles. The average molecular weight is 567 g/mol. The first kappa shape index (κ1) is 24.6. The summed E-state index contributed by atoms with van der Waals surface area (Å²) in [6.45, 7) is 6.18. The van der Waals surface area contributed by atoms with Crippen molar-refractivity contribution < 1.29 is 28.5 Å². The van der Waals surface area contributed by atoms with Crippen molar-refractivity contribution in [1.29, 1.82) is 0 Å². The summed E-state index contributed by atoms with van der Waals surface area (Å²) in [6, 6.07) is 7.73. The molecule has 2 aromatic rings. The van der Waals surface area contributed by atoms with E-state index >= 15 is 0 Å². The van der Waals surface area contributed by atoms with Crippen molar-refractivity contribution >= 4 is 40.6 Å². The fraction of sp³-hybridized carbons (Fsp3) is 0.348. The predicted molar refractivity (Wildman–Crippen MR) is 131 cm³/mol. The number of ether oxygens (including phenoxy) is 4. The van der Waals surface area contributed by atoms with Crippen LogP contribution < -0.4 is 29.7 Å². The quantitative estimate of drug-likeness (QED) is 0.274. The van der Waals surface area contributed by atoms with Crippen molar-refractivity contribution in [1.82, 2.24) is 10.7 Å². The highest BCUT2D eigenvalue weighted by atomic mass is 127. The molecular formula is C23H26IN3O6. The highest BCUT2D eigenvalue weighted by Crippen LogP contribution is 2.34. The molecule has 10 heteroatoms. The van der Waals surface area contributed by atoms with Crippen LogP contribution in [-0.4, -0.2) is 44.6 Å². The van der Waals surface area contributed by atoms with Crippen molar-refractivity contribution in [3.05, 3.63) is 45.0 Å². The van der Waals surface area contributed by atoms with Crippen molar-refractivity contribution in [3.63, 3.8) is 0 Å². The fourth-order valence-electron chi connectivity index (χ4n) is 3.16. The van der Waals surface area contributed by atoms with Crippen molar-refractivity contribution in [2.75, 3.05) is 20.5 Å². The van der Waals surface area contributed by atoms with Crippen molar-refractivity contribution in [2.45, 2.75) is 26.8 Å². The third kappa shape index (κ3) is 6.06. The average Bonchev–Trinajstić information content (AvgIpc) is 3.25. The van der Waals surface area contributed by atoms with Crippen LogP contribution in [0, 0.1) is 9.49 Å². The van der Waals surface area contributed by atoms with E-state index in [1.165, 1.54) is 6.21 Å². The number of carbonyl (C=O) groups excluding carboxylic acids is 2. The molecule has 1 aliphatic rings. The van der Waals surface area contributed by atoms with E-state index in [-0.39, 0.29) is 12.7 Å². The van der Waals surface area contributed by atoms with Crippen LogP contribution in [0.1, 0.15) is 36.7 Å². The van der Waals surface area contributed by atoms with Crippen molar-refractivity contribution in [3.8, 4) is 23.0 Å². The van der Waals surface area contributed by atoms with Gasteiger partial charge in [-0.3, -0.25) is 9.59 Å². The summed E-state index contributed by atoms with van der Waals surface area (Å²) in [5.74, 6) is 1.34. The maximum Gasteiger partial charge on any atom is 0.262 e. The molecule has 176 valence electrons. The van der Waals surface area contributed by atoms with Gasteiger partial charge in [0, 0.05) is 5.56 Å². The van der Waals surface area contributed by atoms with Gasteiger partial charge in [0.25, 0.3) is 11.8 Å². The van der Waals surface area contributed by atoms with Crippen molar-refractivity contribution in [2.24, 2.45) is 11.0 Å². The first-order valence-corrected chi connectivity index (χ1v) is 11.5. The minimum atomic E-state index is -0.782. The molecule has 9 nitrogen and oxygen atoms in total. The van der Waals surface area contributed by atoms with E-state index in [1.807, 2.05) is 26.8 Å². The molecule has 3 rings (SSSR count). The Morgan fingerprint density at radius 1 is 1.21 bits per heavy atom. The zero-order chi connectivity index (χ0) is 24.0. The van der Waals surface area contributed by atoms with Crippen LogP contribution >= 0.6 is 22.6 Å². The zero-order valence-corrected chi connectivity index (χ0v) is 21.0. The van der Waals surface area contributed by atoms with Crippen LogP contribution in [0.5, 0.6) is 23.0 Å². The molecule has 0 fully saturated rings. The molecule has 0 aromatic heterocycles. The second-order valence-corrected chi connectivity index (χ2v) is 8.63. The number of fused-ring (bicyclic) bond motifs is 1. The molecule has 1 unspecified atom stereocenters. The molecule has 0 radical (unpaired) electrons. The minimum Gasteiger partial charge on any atom is -0.492 e. The van der Waals surface area contributed by atoms with Gasteiger partial charge in [-0.05, 0) is 71.3 Å². The number of rotatable bonds is 9. The molecule has 33 heavy (non-hydrogen) atoms. The maximum absolute atomic E-state index is 12.7. The Hall–Kier alpha value is -3.02. The molecule has 1 aliphatic heterocycles. The van der Waals surface area contributed by atoms with Crippen LogP contribution in [0.25, 0.3) is 0 Å². The molecule has 0 saturated carbocycles. The number of methoxy groups -OCH3 is 1. The third-order valence-corrected chi connectivity index (χ3v) is 5.60. The van der Waals surface area contributed by atoms with E-state index in [4.69, 9.17) is 18.9 Å². The first-order valence-electron chi connectivity index (χ1n) is 10.4. The number of halogens is 1. The number of nitrogens with zero attached hydrogens (tertiary/aromatic N) is 1. The van der Waals surface area contributed by atoms with E-state index < -0.39 is 17.9 Å². The van der Waals surface area contributed by atoms with Gasteiger partial charge >= 0.3 is 0 Å². The number of nitrogens with one attached hydrogen (secondary N) is 2. The second kappa shape index (κ2) is 11.2. The van der Waals surface area contributed by atoms with Gasteiger partial charge in [-0.25, -0.2) is 5.43 Å². The molecule has 2 aromatic carbocycles. The van der Waals surface area contributed by atoms with Crippen LogP contribution in [0.4, 0.5) is 0 Å².